The topological polar surface area (TPSA) is 58.5 Å². The number of hydrazone groups is 1. The van der Waals surface area contributed by atoms with Crippen LogP contribution in [0.3, 0.4) is 0 Å². The minimum atomic E-state index is -4.83. The fourth-order valence-electron chi connectivity index (χ4n) is 1.66. The number of thiophene rings is 1. The molecule has 0 radical (unpaired) electrons. The molecular formula is C15H10ClF3N2O2S. The van der Waals surface area contributed by atoms with E-state index in [2.05, 4.69) is 5.10 Å². The maximum atomic E-state index is 13.0. The highest BCUT2D eigenvalue weighted by molar-refractivity contribution is 7.08. The van der Waals surface area contributed by atoms with Crippen molar-refractivity contribution in [2.24, 2.45) is 5.10 Å². The van der Waals surface area contributed by atoms with Crippen LogP contribution in [0, 0.1) is 0 Å². The van der Waals surface area contributed by atoms with Crippen molar-refractivity contribution >= 4 is 40.3 Å². The molecule has 2 aromatic rings. The summed E-state index contributed by atoms with van der Waals surface area (Å²) in [5.74, 6) is -1.57. The van der Waals surface area contributed by atoms with Crippen molar-refractivity contribution in [1.82, 2.24) is 5.43 Å². The summed E-state index contributed by atoms with van der Waals surface area (Å²) in [6.07, 6.45) is -5.79. The molecule has 9 heteroatoms. The van der Waals surface area contributed by atoms with Crippen LogP contribution in [0.25, 0.3) is 0 Å². The second-order valence-corrected chi connectivity index (χ2v) is 5.83. The zero-order chi connectivity index (χ0) is 17.7. The van der Waals surface area contributed by atoms with Crippen LogP contribution in [0.15, 0.2) is 46.2 Å². The molecule has 2 rings (SSSR count). The van der Waals surface area contributed by atoms with Crippen molar-refractivity contribution in [3.8, 4) is 0 Å². The molecule has 0 spiro atoms. The molecule has 1 aromatic carbocycles. The summed E-state index contributed by atoms with van der Waals surface area (Å²) >= 11 is 6.86. The van der Waals surface area contributed by atoms with E-state index in [1.807, 2.05) is 5.43 Å². The van der Waals surface area contributed by atoms with Gasteiger partial charge in [0.1, 0.15) is 5.71 Å². The van der Waals surface area contributed by atoms with Crippen LogP contribution < -0.4 is 5.43 Å². The zero-order valence-corrected chi connectivity index (χ0v) is 13.5. The van der Waals surface area contributed by atoms with E-state index in [9.17, 15) is 22.8 Å². The second kappa shape index (κ2) is 7.59. The summed E-state index contributed by atoms with van der Waals surface area (Å²) < 4.78 is 38.9. The first kappa shape index (κ1) is 18.2. The van der Waals surface area contributed by atoms with Crippen LogP contribution >= 0.6 is 22.9 Å². The summed E-state index contributed by atoms with van der Waals surface area (Å²) in [5, 5.41) is 6.50. The molecule has 0 aliphatic heterocycles. The van der Waals surface area contributed by atoms with Gasteiger partial charge in [0.25, 0.3) is 5.91 Å². The Morgan fingerprint density at radius 2 is 1.79 bits per heavy atom. The number of halogens is 4. The largest absolute Gasteiger partial charge is 0.431 e. The van der Waals surface area contributed by atoms with Crippen LogP contribution in [0.4, 0.5) is 13.2 Å². The molecule has 0 bridgehead atoms. The molecule has 4 nitrogen and oxygen atoms in total. The van der Waals surface area contributed by atoms with Crippen molar-refractivity contribution in [1.29, 1.82) is 0 Å². The molecule has 0 atom stereocenters. The van der Waals surface area contributed by atoms with Crippen molar-refractivity contribution in [3.05, 3.63) is 57.2 Å². The third kappa shape index (κ3) is 4.90. The second-order valence-electron chi connectivity index (χ2n) is 4.62. The van der Waals surface area contributed by atoms with Gasteiger partial charge in [-0.3, -0.25) is 9.59 Å². The Morgan fingerprint density at radius 1 is 1.12 bits per heavy atom. The Morgan fingerprint density at radius 3 is 2.33 bits per heavy atom. The number of hydrogen-bond donors (Lipinski definition) is 1. The predicted octanol–water partition coefficient (Wildman–Crippen LogP) is 4.32. The number of alkyl halides is 3. The standard InChI is InChI=1S/C15H10ClF3N2O2S/c16-11-3-1-9(2-4-11)14(23)21-20-13(15(17,18)19)7-12(22)10-5-6-24-8-10/h1-6,8H,7H2,(H,21,23)/b20-13-. The van der Waals surface area contributed by atoms with Crippen molar-refractivity contribution in [3.63, 3.8) is 0 Å². The van der Waals surface area contributed by atoms with E-state index in [0.717, 1.165) is 0 Å². The predicted molar refractivity (Wildman–Crippen MR) is 85.7 cm³/mol. The van der Waals surface area contributed by atoms with Gasteiger partial charge in [0.2, 0.25) is 0 Å². The van der Waals surface area contributed by atoms with Crippen LogP contribution in [0.5, 0.6) is 0 Å². The van der Waals surface area contributed by atoms with Crippen molar-refractivity contribution < 1.29 is 22.8 Å². The summed E-state index contributed by atoms with van der Waals surface area (Å²) in [4.78, 5) is 23.6. The van der Waals surface area contributed by atoms with Crippen LogP contribution in [0.2, 0.25) is 5.02 Å². The summed E-state index contributed by atoms with van der Waals surface area (Å²) in [5.41, 5.74) is 0.697. The SMILES string of the molecule is O=C(C/C(=N/NC(=O)c1ccc(Cl)cc1)C(F)(F)F)c1ccsc1. The third-order valence-electron chi connectivity index (χ3n) is 2.90. The van der Waals surface area contributed by atoms with E-state index in [1.54, 1.807) is 5.38 Å². The number of carbonyl (C=O) groups excluding carboxylic acids is 2. The maximum absolute atomic E-state index is 13.0. The summed E-state index contributed by atoms with van der Waals surface area (Å²) in [6, 6.07) is 6.96. The van der Waals surface area contributed by atoms with Gasteiger partial charge in [0.05, 0.1) is 6.42 Å². The summed E-state index contributed by atoms with van der Waals surface area (Å²) in [6.45, 7) is 0. The number of rotatable bonds is 5. The van der Waals surface area contributed by atoms with Gasteiger partial charge in [-0.15, -0.1) is 0 Å². The first-order valence-corrected chi connectivity index (χ1v) is 7.84. The molecule has 126 valence electrons. The Bertz CT molecular complexity index is 756. The molecule has 1 heterocycles. The fourth-order valence-corrected chi connectivity index (χ4v) is 2.45. The summed E-state index contributed by atoms with van der Waals surface area (Å²) in [7, 11) is 0. The molecular weight excluding hydrogens is 365 g/mol. The van der Waals surface area contributed by atoms with Crippen LogP contribution in [-0.4, -0.2) is 23.6 Å². The number of Topliss-reactive ketones (excluding diaryl/α,β-unsaturated/α-hetero) is 1. The molecule has 0 fully saturated rings. The fraction of sp³-hybridized carbons (Fsp3) is 0.133. The highest BCUT2D eigenvalue weighted by Gasteiger charge is 2.37. The van der Waals surface area contributed by atoms with Gasteiger partial charge >= 0.3 is 6.18 Å². The van der Waals surface area contributed by atoms with Gasteiger partial charge in [-0.2, -0.15) is 29.6 Å². The van der Waals surface area contributed by atoms with Gasteiger partial charge in [-0.1, -0.05) is 11.6 Å². The number of hydrogen-bond acceptors (Lipinski definition) is 4. The van der Waals surface area contributed by atoms with Crippen LogP contribution in [0.1, 0.15) is 27.1 Å². The van der Waals surface area contributed by atoms with Gasteiger partial charge < -0.3 is 0 Å². The van der Waals surface area contributed by atoms with E-state index >= 15 is 0 Å². The Kier molecular flexibility index (Phi) is 5.74. The molecule has 24 heavy (non-hydrogen) atoms. The van der Waals surface area contributed by atoms with E-state index in [0.29, 0.717) is 5.02 Å². The Hall–Kier alpha value is -2.19. The van der Waals surface area contributed by atoms with Crippen molar-refractivity contribution in [2.75, 3.05) is 0 Å². The molecule has 1 aromatic heterocycles. The minimum Gasteiger partial charge on any atom is -0.294 e. The number of nitrogens with zero attached hydrogens (tertiary/aromatic N) is 1. The third-order valence-corrected chi connectivity index (χ3v) is 3.83. The molecule has 0 saturated heterocycles. The average Bonchev–Trinajstić information content (AvgIpc) is 3.05. The Labute approximate surface area is 143 Å². The zero-order valence-electron chi connectivity index (χ0n) is 11.9. The van der Waals surface area contributed by atoms with Gasteiger partial charge in [0.15, 0.2) is 5.78 Å². The number of nitrogens with one attached hydrogen (secondary N) is 1. The van der Waals surface area contributed by atoms with Crippen LogP contribution in [-0.2, 0) is 0 Å². The van der Waals surface area contributed by atoms with E-state index in [1.165, 1.54) is 47.0 Å². The first-order valence-electron chi connectivity index (χ1n) is 6.52. The molecule has 0 saturated carbocycles. The first-order chi connectivity index (χ1) is 11.3. The monoisotopic (exact) mass is 374 g/mol. The average molecular weight is 375 g/mol. The van der Waals surface area contributed by atoms with E-state index in [4.69, 9.17) is 11.6 Å². The van der Waals surface area contributed by atoms with Gasteiger partial charge in [-0.05, 0) is 35.7 Å². The smallest absolute Gasteiger partial charge is 0.294 e. The highest BCUT2D eigenvalue weighted by Crippen LogP contribution is 2.21. The molecule has 1 amide bonds. The lowest BCUT2D eigenvalue weighted by Crippen LogP contribution is -2.30. The van der Waals surface area contributed by atoms with Gasteiger partial charge in [-0.25, -0.2) is 5.43 Å². The number of amides is 1. The van der Waals surface area contributed by atoms with Crippen molar-refractivity contribution in [2.45, 2.75) is 12.6 Å². The lowest BCUT2D eigenvalue weighted by molar-refractivity contribution is -0.0605. The molecule has 1 N–H and O–H groups in total. The lowest BCUT2D eigenvalue weighted by Gasteiger charge is -2.10. The quantitative estimate of drug-likeness (QED) is 0.481. The van der Waals surface area contributed by atoms with E-state index in [-0.39, 0.29) is 11.1 Å². The van der Waals surface area contributed by atoms with E-state index < -0.39 is 30.0 Å². The molecule has 0 unspecified atom stereocenters. The van der Waals surface area contributed by atoms with Gasteiger partial charge in [0, 0.05) is 21.5 Å². The number of carbonyl (C=O) groups is 2. The maximum Gasteiger partial charge on any atom is 0.431 e. The lowest BCUT2D eigenvalue weighted by atomic mass is 10.1. The minimum absolute atomic E-state index is 0.0915. The highest BCUT2D eigenvalue weighted by atomic mass is 35.5. The molecule has 0 aliphatic rings. The number of ketones is 1. The number of benzene rings is 1. The Balaban J connectivity index is 2.12. The normalized spacial score (nSPS) is 12.1. The molecule has 0 aliphatic carbocycles.